The highest BCUT2D eigenvalue weighted by molar-refractivity contribution is 7.14. The molecule has 0 saturated heterocycles. The van der Waals surface area contributed by atoms with E-state index >= 15 is 0 Å². The van der Waals surface area contributed by atoms with E-state index in [4.69, 9.17) is 9.15 Å². The van der Waals surface area contributed by atoms with Crippen molar-refractivity contribution in [1.29, 1.82) is 0 Å². The lowest BCUT2D eigenvalue weighted by atomic mass is 10.0. The van der Waals surface area contributed by atoms with Gasteiger partial charge in [0.1, 0.15) is 15.5 Å². The van der Waals surface area contributed by atoms with Gasteiger partial charge in [0.05, 0.1) is 18.9 Å². The molecule has 0 bridgehead atoms. The fourth-order valence-corrected chi connectivity index (χ4v) is 3.21. The molecule has 0 aliphatic heterocycles. The van der Waals surface area contributed by atoms with Crippen molar-refractivity contribution >= 4 is 34.4 Å². The van der Waals surface area contributed by atoms with E-state index in [-0.39, 0.29) is 18.3 Å². The van der Waals surface area contributed by atoms with Gasteiger partial charge in [-0.2, -0.15) is 0 Å². The smallest absolute Gasteiger partial charge is 0.433 e. The maximum Gasteiger partial charge on any atom is 0.433 e. The summed E-state index contributed by atoms with van der Waals surface area (Å²) in [7, 11) is 0. The lowest BCUT2D eigenvalue weighted by Gasteiger charge is -2.05. The molecule has 0 spiro atoms. The van der Waals surface area contributed by atoms with Crippen molar-refractivity contribution in [3.8, 4) is 11.1 Å². The summed E-state index contributed by atoms with van der Waals surface area (Å²) >= 11 is 1.28. The number of hydrogen-bond acceptors (Lipinski definition) is 7. The molecule has 7 nitrogen and oxygen atoms in total. The van der Waals surface area contributed by atoms with E-state index in [2.05, 4.69) is 4.99 Å². The first-order chi connectivity index (χ1) is 12.6. The van der Waals surface area contributed by atoms with Crippen LogP contribution >= 0.6 is 11.3 Å². The van der Waals surface area contributed by atoms with Gasteiger partial charge in [-0.1, -0.05) is 30.3 Å². The summed E-state index contributed by atoms with van der Waals surface area (Å²) in [5, 5.41) is 13.0. The number of hydrogen-bond donors (Lipinski definition) is 0. The summed E-state index contributed by atoms with van der Waals surface area (Å²) in [5.74, 6) is -0.612. The summed E-state index contributed by atoms with van der Waals surface area (Å²) in [6.07, 6.45) is 1.34. The van der Waals surface area contributed by atoms with Crippen molar-refractivity contribution in [2.45, 2.75) is 6.92 Å². The van der Waals surface area contributed by atoms with E-state index in [0.717, 1.165) is 11.1 Å². The Morgan fingerprint density at radius 2 is 2.08 bits per heavy atom. The fraction of sp³-hybridized carbons (Fsp3) is 0.111. The minimum atomic E-state index is -0.625. The Hall–Kier alpha value is -3.26. The maximum absolute atomic E-state index is 12.4. The van der Waals surface area contributed by atoms with Crippen molar-refractivity contribution in [3.63, 3.8) is 0 Å². The third kappa shape index (κ3) is 3.70. The number of rotatable bonds is 6. The van der Waals surface area contributed by atoms with Crippen LogP contribution in [0.25, 0.3) is 11.1 Å². The number of esters is 1. The van der Waals surface area contributed by atoms with Crippen LogP contribution in [0.1, 0.15) is 23.0 Å². The molecule has 0 N–H and O–H groups in total. The molecule has 2 heterocycles. The molecule has 0 radical (unpaired) electrons. The van der Waals surface area contributed by atoms with E-state index in [1.807, 2.05) is 35.7 Å². The van der Waals surface area contributed by atoms with Gasteiger partial charge in [0.15, 0.2) is 5.76 Å². The Bertz CT molecular complexity index is 959. The molecule has 3 rings (SSSR count). The van der Waals surface area contributed by atoms with Crippen LogP contribution in [0, 0.1) is 10.1 Å². The Balaban J connectivity index is 1.98. The first-order valence-corrected chi connectivity index (χ1v) is 8.60. The third-order valence-electron chi connectivity index (χ3n) is 3.44. The molecule has 0 amide bonds. The van der Waals surface area contributed by atoms with Crippen LogP contribution in [0.3, 0.4) is 0 Å². The summed E-state index contributed by atoms with van der Waals surface area (Å²) in [4.78, 5) is 26.7. The zero-order chi connectivity index (χ0) is 18.5. The third-order valence-corrected chi connectivity index (χ3v) is 4.32. The highest BCUT2D eigenvalue weighted by Crippen LogP contribution is 2.38. The molecule has 0 saturated carbocycles. The number of carbonyl (C=O) groups excluding carboxylic acids is 1. The molecule has 0 aliphatic carbocycles. The molecule has 0 fully saturated rings. The van der Waals surface area contributed by atoms with Gasteiger partial charge in [-0.05, 0) is 18.6 Å². The predicted octanol–water partition coefficient (Wildman–Crippen LogP) is 4.84. The zero-order valence-corrected chi connectivity index (χ0v) is 14.6. The molecule has 0 atom stereocenters. The lowest BCUT2D eigenvalue weighted by Crippen LogP contribution is -2.05. The largest absolute Gasteiger partial charge is 0.462 e. The molecule has 8 heteroatoms. The van der Waals surface area contributed by atoms with E-state index in [0.29, 0.717) is 10.6 Å². The fourth-order valence-electron chi connectivity index (χ4n) is 2.31. The number of aliphatic imine (C=N–C) groups is 1. The number of nitro groups is 1. The SMILES string of the molecule is CCOC(=O)c1c(-c2ccccc2)csc1N=Cc1ccc([N+](=O)[O-])o1. The van der Waals surface area contributed by atoms with Gasteiger partial charge in [0.25, 0.3) is 0 Å². The van der Waals surface area contributed by atoms with Gasteiger partial charge in [-0.15, -0.1) is 11.3 Å². The van der Waals surface area contributed by atoms with Crippen LogP contribution in [0.5, 0.6) is 0 Å². The van der Waals surface area contributed by atoms with Gasteiger partial charge in [0.2, 0.25) is 0 Å². The molecule has 26 heavy (non-hydrogen) atoms. The van der Waals surface area contributed by atoms with E-state index in [1.54, 1.807) is 6.92 Å². The number of carbonyl (C=O) groups is 1. The standard InChI is InChI=1S/C18H14N2O5S/c1-2-24-18(21)16-14(12-6-4-3-5-7-12)11-26-17(16)19-10-13-8-9-15(25-13)20(22)23/h3-11H,2H2,1H3. The zero-order valence-electron chi connectivity index (χ0n) is 13.7. The van der Waals surface area contributed by atoms with Crippen LogP contribution in [0.15, 0.2) is 57.3 Å². The highest BCUT2D eigenvalue weighted by atomic mass is 32.1. The van der Waals surface area contributed by atoms with Gasteiger partial charge >= 0.3 is 11.9 Å². The van der Waals surface area contributed by atoms with E-state index < -0.39 is 10.9 Å². The summed E-state index contributed by atoms with van der Waals surface area (Å²) < 4.78 is 10.2. The summed E-state index contributed by atoms with van der Waals surface area (Å²) in [5.41, 5.74) is 1.97. The van der Waals surface area contributed by atoms with Crippen molar-refractivity contribution < 1.29 is 18.9 Å². The number of ether oxygens (including phenoxy) is 1. The average molecular weight is 370 g/mol. The average Bonchev–Trinajstić information content (AvgIpc) is 3.28. The number of nitrogens with zero attached hydrogens (tertiary/aromatic N) is 2. The molecule has 132 valence electrons. The second kappa shape index (κ2) is 7.75. The van der Waals surface area contributed by atoms with Crippen molar-refractivity contribution in [2.75, 3.05) is 6.61 Å². The highest BCUT2D eigenvalue weighted by Gasteiger charge is 2.21. The molecular formula is C18H14N2O5S. The quantitative estimate of drug-likeness (QED) is 0.268. The normalized spacial score (nSPS) is 11.0. The maximum atomic E-state index is 12.4. The molecule has 2 aromatic heterocycles. The van der Waals surface area contributed by atoms with Crippen molar-refractivity contribution in [1.82, 2.24) is 0 Å². The first-order valence-electron chi connectivity index (χ1n) is 7.72. The van der Waals surface area contributed by atoms with Crippen LogP contribution in [-0.4, -0.2) is 23.7 Å². The number of furan rings is 1. The van der Waals surface area contributed by atoms with Crippen LogP contribution in [-0.2, 0) is 4.74 Å². The van der Waals surface area contributed by atoms with Crippen molar-refractivity contribution in [3.05, 3.63) is 69.3 Å². The molecule has 3 aromatic rings. The molecule has 0 aliphatic rings. The predicted molar refractivity (Wildman–Crippen MR) is 98.3 cm³/mol. The van der Waals surface area contributed by atoms with Crippen LogP contribution in [0.4, 0.5) is 10.9 Å². The van der Waals surface area contributed by atoms with Gasteiger partial charge in [0, 0.05) is 10.9 Å². The molecule has 1 aromatic carbocycles. The van der Waals surface area contributed by atoms with Gasteiger partial charge < -0.3 is 9.15 Å². The Labute approximate surface area is 152 Å². The second-order valence-electron chi connectivity index (χ2n) is 5.11. The van der Waals surface area contributed by atoms with Gasteiger partial charge in [-0.3, -0.25) is 10.1 Å². The summed E-state index contributed by atoms with van der Waals surface area (Å²) in [6.45, 7) is 1.98. The Kier molecular flexibility index (Phi) is 5.23. The first kappa shape index (κ1) is 17.6. The Morgan fingerprint density at radius 3 is 2.73 bits per heavy atom. The molecule has 0 unspecified atom stereocenters. The van der Waals surface area contributed by atoms with Gasteiger partial charge in [-0.25, -0.2) is 9.79 Å². The Morgan fingerprint density at radius 1 is 1.31 bits per heavy atom. The summed E-state index contributed by atoms with van der Waals surface area (Å²) in [6, 6.07) is 12.1. The van der Waals surface area contributed by atoms with E-state index in [1.165, 1.54) is 29.7 Å². The number of thiophene rings is 1. The van der Waals surface area contributed by atoms with Crippen LogP contribution < -0.4 is 0 Å². The topological polar surface area (TPSA) is 94.9 Å². The van der Waals surface area contributed by atoms with E-state index in [9.17, 15) is 14.9 Å². The molecular weight excluding hydrogens is 356 g/mol. The monoisotopic (exact) mass is 370 g/mol. The second-order valence-corrected chi connectivity index (χ2v) is 5.97. The van der Waals surface area contributed by atoms with Crippen LogP contribution in [0.2, 0.25) is 0 Å². The minimum absolute atomic E-state index is 0.223. The lowest BCUT2D eigenvalue weighted by molar-refractivity contribution is -0.402. The number of benzene rings is 1. The minimum Gasteiger partial charge on any atom is -0.462 e. The van der Waals surface area contributed by atoms with Crippen molar-refractivity contribution in [2.24, 2.45) is 4.99 Å².